The molecule has 1 spiro atoms. The molecule has 6 heteroatoms. The molecule has 1 amide bonds. The van der Waals surface area contributed by atoms with E-state index in [1.807, 2.05) is 18.7 Å². The van der Waals surface area contributed by atoms with Gasteiger partial charge in [-0.2, -0.15) is 0 Å². The molecule has 2 saturated heterocycles. The molecule has 0 radical (unpaired) electrons. The Hall–Kier alpha value is -1.40. The first-order valence-corrected chi connectivity index (χ1v) is 7.08. The summed E-state index contributed by atoms with van der Waals surface area (Å²) in [5.41, 5.74) is 1.82. The van der Waals surface area contributed by atoms with Gasteiger partial charge in [-0.25, -0.2) is 0 Å². The van der Waals surface area contributed by atoms with E-state index < -0.39 is 0 Å². The number of hydrogen-bond acceptors (Lipinski definition) is 5. The number of rotatable bonds is 2. The van der Waals surface area contributed by atoms with Crippen molar-refractivity contribution in [1.82, 2.24) is 15.4 Å². The molecule has 1 unspecified atom stereocenters. The molecule has 1 aromatic heterocycles. The van der Waals surface area contributed by atoms with Crippen LogP contribution in [0.4, 0.5) is 0 Å². The number of ether oxygens (including phenoxy) is 1. The molecule has 6 nitrogen and oxygen atoms in total. The highest BCUT2D eigenvalue weighted by Crippen LogP contribution is 2.33. The molecule has 0 saturated carbocycles. The lowest BCUT2D eigenvalue weighted by Gasteiger charge is -2.26. The Morgan fingerprint density at radius 2 is 2.30 bits per heavy atom. The second kappa shape index (κ2) is 5.18. The van der Waals surface area contributed by atoms with Gasteiger partial charge >= 0.3 is 0 Å². The van der Waals surface area contributed by atoms with Crippen molar-refractivity contribution in [3.05, 3.63) is 17.0 Å². The van der Waals surface area contributed by atoms with Gasteiger partial charge in [0.25, 0.3) is 0 Å². The highest BCUT2D eigenvalue weighted by Gasteiger charge is 2.44. The first-order valence-electron chi connectivity index (χ1n) is 7.08. The summed E-state index contributed by atoms with van der Waals surface area (Å²) in [6.45, 7) is 8.21. The quantitative estimate of drug-likeness (QED) is 0.860. The summed E-state index contributed by atoms with van der Waals surface area (Å²) in [4.78, 5) is 14.2. The normalized spacial score (nSPS) is 27.3. The van der Waals surface area contributed by atoms with E-state index >= 15 is 0 Å². The first-order chi connectivity index (χ1) is 9.60. The van der Waals surface area contributed by atoms with Crippen LogP contribution in [-0.2, 0) is 16.1 Å². The Balaban J connectivity index is 1.74. The van der Waals surface area contributed by atoms with E-state index in [1.54, 1.807) is 0 Å². The van der Waals surface area contributed by atoms with Crippen LogP contribution in [0, 0.1) is 19.3 Å². The second-order valence-corrected chi connectivity index (χ2v) is 5.96. The van der Waals surface area contributed by atoms with Crippen LogP contribution in [0.5, 0.6) is 0 Å². The molecular formula is C14H21N3O3. The average Bonchev–Trinajstić information content (AvgIpc) is 2.78. The van der Waals surface area contributed by atoms with E-state index in [0.29, 0.717) is 19.6 Å². The van der Waals surface area contributed by atoms with Gasteiger partial charge in [0.05, 0.1) is 25.5 Å². The molecule has 2 aliphatic heterocycles. The van der Waals surface area contributed by atoms with E-state index in [1.165, 1.54) is 0 Å². The lowest BCUT2D eigenvalue weighted by atomic mass is 9.88. The third-order valence-corrected chi connectivity index (χ3v) is 4.27. The van der Waals surface area contributed by atoms with Gasteiger partial charge in [-0.15, -0.1) is 0 Å². The smallest absolute Gasteiger partial charge is 0.223 e. The Morgan fingerprint density at radius 3 is 3.05 bits per heavy atom. The van der Waals surface area contributed by atoms with Gasteiger partial charge in [-0.1, -0.05) is 5.16 Å². The predicted molar refractivity (Wildman–Crippen MR) is 72.1 cm³/mol. The van der Waals surface area contributed by atoms with E-state index in [9.17, 15) is 4.79 Å². The van der Waals surface area contributed by atoms with Crippen molar-refractivity contribution >= 4 is 5.91 Å². The maximum absolute atomic E-state index is 12.3. The first kappa shape index (κ1) is 13.6. The van der Waals surface area contributed by atoms with Gasteiger partial charge < -0.3 is 19.5 Å². The van der Waals surface area contributed by atoms with Gasteiger partial charge in [-0.3, -0.25) is 4.79 Å². The maximum Gasteiger partial charge on any atom is 0.223 e. The molecule has 0 aromatic carbocycles. The van der Waals surface area contributed by atoms with Crippen LogP contribution in [0.25, 0.3) is 0 Å². The van der Waals surface area contributed by atoms with Crippen LogP contribution in [0.2, 0.25) is 0 Å². The van der Waals surface area contributed by atoms with Crippen LogP contribution in [0.1, 0.15) is 23.4 Å². The van der Waals surface area contributed by atoms with Gasteiger partial charge in [0, 0.05) is 37.0 Å². The summed E-state index contributed by atoms with van der Waals surface area (Å²) in [7, 11) is 0. The van der Waals surface area contributed by atoms with Crippen molar-refractivity contribution in [3.8, 4) is 0 Å². The standard InChI is InChI=1S/C14H21N3O3/c1-10-12(11(2)20-16-10)6-17-8-14(5-13(17)18)7-15-3-4-19-9-14/h15H,3-9H2,1-2H3. The zero-order valence-electron chi connectivity index (χ0n) is 12.1. The summed E-state index contributed by atoms with van der Waals surface area (Å²) < 4.78 is 10.8. The molecule has 3 rings (SSSR count). The third-order valence-electron chi connectivity index (χ3n) is 4.27. The van der Waals surface area contributed by atoms with Crippen molar-refractivity contribution in [3.63, 3.8) is 0 Å². The Bertz CT molecular complexity index is 484. The van der Waals surface area contributed by atoms with Gasteiger partial charge in [-0.05, 0) is 13.8 Å². The fourth-order valence-electron chi connectivity index (χ4n) is 3.10. The number of nitrogens with one attached hydrogen (secondary N) is 1. The number of nitrogens with zero attached hydrogens (tertiary/aromatic N) is 2. The van der Waals surface area contributed by atoms with Crippen LogP contribution < -0.4 is 5.32 Å². The minimum absolute atomic E-state index is 0.0768. The van der Waals surface area contributed by atoms with E-state index in [-0.39, 0.29) is 11.3 Å². The van der Waals surface area contributed by atoms with Crippen molar-refractivity contribution in [2.45, 2.75) is 26.8 Å². The average molecular weight is 279 g/mol. The molecule has 0 aliphatic carbocycles. The third kappa shape index (κ3) is 2.45. The molecule has 110 valence electrons. The number of carbonyl (C=O) groups excluding carboxylic acids is 1. The van der Waals surface area contributed by atoms with E-state index in [0.717, 1.165) is 43.3 Å². The Morgan fingerprint density at radius 1 is 1.45 bits per heavy atom. The topological polar surface area (TPSA) is 67.6 Å². The van der Waals surface area contributed by atoms with Crippen LogP contribution in [0.15, 0.2) is 4.52 Å². The Labute approximate surface area is 118 Å². The minimum atomic E-state index is -0.0768. The molecule has 3 heterocycles. The number of aryl methyl sites for hydroxylation is 2. The fraction of sp³-hybridized carbons (Fsp3) is 0.714. The van der Waals surface area contributed by atoms with Crippen molar-refractivity contribution in [2.24, 2.45) is 5.41 Å². The van der Waals surface area contributed by atoms with E-state index in [4.69, 9.17) is 9.26 Å². The molecule has 2 fully saturated rings. The summed E-state index contributed by atoms with van der Waals surface area (Å²) in [6.07, 6.45) is 0.559. The molecule has 0 bridgehead atoms. The van der Waals surface area contributed by atoms with Crippen LogP contribution in [-0.4, -0.2) is 48.8 Å². The molecule has 1 aromatic rings. The lowest BCUT2D eigenvalue weighted by Crippen LogP contribution is -2.38. The monoisotopic (exact) mass is 279 g/mol. The number of likely N-dealkylation sites (tertiary alicyclic amines) is 1. The maximum atomic E-state index is 12.3. The zero-order chi connectivity index (χ0) is 14.2. The number of carbonyl (C=O) groups is 1. The lowest BCUT2D eigenvalue weighted by molar-refractivity contribution is -0.128. The molecule has 2 aliphatic rings. The van der Waals surface area contributed by atoms with Gasteiger partial charge in [0.2, 0.25) is 5.91 Å². The van der Waals surface area contributed by atoms with Crippen molar-refractivity contribution < 1.29 is 14.1 Å². The van der Waals surface area contributed by atoms with E-state index in [2.05, 4.69) is 10.5 Å². The molecule has 20 heavy (non-hydrogen) atoms. The van der Waals surface area contributed by atoms with Crippen molar-refractivity contribution in [1.29, 1.82) is 0 Å². The fourth-order valence-corrected chi connectivity index (χ4v) is 3.10. The number of amides is 1. The highest BCUT2D eigenvalue weighted by molar-refractivity contribution is 5.79. The number of hydrogen-bond donors (Lipinski definition) is 1. The summed E-state index contributed by atoms with van der Waals surface area (Å²) in [5.74, 6) is 0.990. The van der Waals surface area contributed by atoms with Crippen LogP contribution in [0.3, 0.4) is 0 Å². The van der Waals surface area contributed by atoms with Gasteiger partial charge in [0.15, 0.2) is 0 Å². The minimum Gasteiger partial charge on any atom is -0.379 e. The summed E-state index contributed by atoms with van der Waals surface area (Å²) in [5, 5.41) is 7.32. The molecular weight excluding hydrogens is 258 g/mol. The van der Waals surface area contributed by atoms with Crippen molar-refractivity contribution in [2.75, 3.05) is 32.8 Å². The predicted octanol–water partition coefficient (Wildman–Crippen LogP) is 0.630. The molecule has 1 atom stereocenters. The molecule has 1 N–H and O–H groups in total. The second-order valence-electron chi connectivity index (χ2n) is 5.96. The number of aromatic nitrogens is 1. The zero-order valence-corrected chi connectivity index (χ0v) is 12.1. The summed E-state index contributed by atoms with van der Waals surface area (Å²) >= 11 is 0. The largest absolute Gasteiger partial charge is 0.379 e. The Kier molecular flexibility index (Phi) is 3.52. The van der Waals surface area contributed by atoms with Gasteiger partial charge in [0.1, 0.15) is 5.76 Å². The summed E-state index contributed by atoms with van der Waals surface area (Å²) in [6, 6.07) is 0. The highest BCUT2D eigenvalue weighted by atomic mass is 16.5. The van der Waals surface area contributed by atoms with Crippen LogP contribution >= 0.6 is 0 Å². The SMILES string of the molecule is Cc1noc(C)c1CN1CC2(CNCCOC2)CC1=O.